The van der Waals surface area contributed by atoms with Crippen molar-refractivity contribution >= 4 is 32.2 Å². The molecular formula is C37H68N4O10S2. The first-order valence-electron chi connectivity index (χ1n) is 19.4. The van der Waals surface area contributed by atoms with Crippen LogP contribution < -0.4 is 0 Å². The number of hydrogen-bond donors (Lipinski definition) is 0. The molecule has 0 aromatic carbocycles. The molecule has 14 nitrogen and oxygen atoms in total. The number of fused-ring (bicyclic) bond motifs is 5. The second kappa shape index (κ2) is 16.2. The van der Waals surface area contributed by atoms with Crippen molar-refractivity contribution in [2.24, 2.45) is 34.5 Å². The molecule has 6 aliphatic rings. The van der Waals surface area contributed by atoms with Gasteiger partial charge in [0.1, 0.15) is 12.2 Å². The Morgan fingerprint density at radius 1 is 0.679 bits per heavy atom. The van der Waals surface area contributed by atoms with E-state index in [0.717, 1.165) is 80.6 Å². The van der Waals surface area contributed by atoms with E-state index >= 15 is 0 Å². The van der Waals surface area contributed by atoms with E-state index in [2.05, 4.69) is 51.8 Å². The van der Waals surface area contributed by atoms with Gasteiger partial charge in [-0.2, -0.15) is 0 Å². The monoisotopic (exact) mass is 792 g/mol. The third-order valence-corrected chi connectivity index (χ3v) is 14.1. The van der Waals surface area contributed by atoms with E-state index < -0.39 is 20.2 Å². The number of carbonyl (C=O) groups is 2. The number of ether oxygens (including phenoxy) is 2. The Morgan fingerprint density at radius 3 is 1.58 bits per heavy atom. The van der Waals surface area contributed by atoms with Gasteiger partial charge in [-0.05, 0) is 74.0 Å². The standard InChI is InChI=1S/C35H62N4O4.2CH4O3S/c1-24(40)42-32-21-26-9-10-27-28(35(26,4)23-31(32)37-15-19-39(7,8)20-16-37)11-12-34(3)29(27)22-30(33(34)43-25(2)41)36-13-17-38(5,6)18-14-36;2*1-5(2,3)4/h26-33H,9-23H2,1-8H3;2*1H3,(H,2,3,4)/q+2;;/p-2/t26?,27?,28?,29?,30-,31-,32-,33-,34-,35-;;/m0../s1. The Morgan fingerprint density at radius 2 is 1.13 bits per heavy atom. The molecule has 53 heavy (non-hydrogen) atoms. The smallest absolute Gasteiger partial charge is 0.302 e. The zero-order chi connectivity index (χ0) is 39.9. The molecule has 4 saturated carbocycles. The molecule has 0 aromatic heterocycles. The summed E-state index contributed by atoms with van der Waals surface area (Å²) in [7, 11) is 1.53. The number of piperazine rings is 2. The quantitative estimate of drug-likeness (QED) is 0.231. The predicted octanol–water partition coefficient (Wildman–Crippen LogP) is 1.96. The van der Waals surface area contributed by atoms with Crippen LogP contribution >= 0.6 is 0 Å². The molecule has 2 aliphatic heterocycles. The second-order valence-electron chi connectivity index (χ2n) is 18.9. The van der Waals surface area contributed by atoms with E-state index in [1.54, 1.807) is 13.8 Å². The third-order valence-electron chi connectivity index (χ3n) is 14.1. The fourth-order valence-corrected chi connectivity index (χ4v) is 11.4. The number of esters is 2. The van der Waals surface area contributed by atoms with Gasteiger partial charge in [-0.3, -0.25) is 19.4 Å². The van der Waals surface area contributed by atoms with E-state index in [1.807, 2.05) is 0 Å². The van der Waals surface area contributed by atoms with Crippen molar-refractivity contribution in [3.63, 3.8) is 0 Å². The fourth-order valence-electron chi connectivity index (χ4n) is 11.4. The topological polar surface area (TPSA) is 173 Å². The van der Waals surface area contributed by atoms with Crippen LogP contribution in [-0.4, -0.2) is 174 Å². The molecule has 6 fully saturated rings. The Balaban J connectivity index is 0.000000556. The molecule has 4 unspecified atom stereocenters. The van der Waals surface area contributed by atoms with Gasteiger partial charge in [0.25, 0.3) is 0 Å². The number of nitrogens with zero attached hydrogens (tertiary/aromatic N) is 4. The first-order chi connectivity index (χ1) is 24.1. The highest BCUT2D eigenvalue weighted by atomic mass is 32.2. The third kappa shape index (κ3) is 11.4. The molecule has 4 aliphatic carbocycles. The summed E-state index contributed by atoms with van der Waals surface area (Å²) in [6.45, 7) is 17.3. The summed E-state index contributed by atoms with van der Waals surface area (Å²) in [5, 5.41) is 0. The lowest BCUT2D eigenvalue weighted by atomic mass is 9.44. The molecule has 0 spiro atoms. The fraction of sp³-hybridized carbons (Fsp3) is 0.946. The van der Waals surface area contributed by atoms with Crippen LogP contribution in [-0.2, 0) is 39.3 Å². The number of quaternary nitrogens is 2. The second-order valence-corrected chi connectivity index (χ2v) is 21.8. The molecule has 0 radical (unpaired) electrons. The Hall–Kier alpha value is -1.40. The number of carbonyl (C=O) groups excluding carboxylic acids is 2. The van der Waals surface area contributed by atoms with Gasteiger partial charge in [-0.25, -0.2) is 16.8 Å². The molecule has 0 bridgehead atoms. The van der Waals surface area contributed by atoms with E-state index in [1.165, 1.54) is 25.7 Å². The molecule has 6 rings (SSSR count). The lowest BCUT2D eigenvalue weighted by Crippen LogP contribution is -2.64. The Kier molecular flexibility index (Phi) is 13.6. The molecule has 0 amide bonds. The molecule has 2 saturated heterocycles. The number of hydrogen-bond acceptors (Lipinski definition) is 12. The SMILES string of the molecule is CC(=O)O[C@H]1CC2CCC3C(CC[C@@]4(C)C3C[C@H](N3CC[N+](C)(C)CC3)[C@@H]4OC(C)=O)[C@@]2(C)C[C@@H]1N1CC[N+](C)(C)CC1.CS(=O)(=O)[O-].CS(=O)(=O)[O-]. The molecule has 2 heterocycles. The van der Waals surface area contributed by atoms with Crippen LogP contribution in [0.5, 0.6) is 0 Å². The van der Waals surface area contributed by atoms with Crippen molar-refractivity contribution in [1.82, 2.24) is 9.80 Å². The molecule has 308 valence electrons. The van der Waals surface area contributed by atoms with Crippen molar-refractivity contribution in [3.05, 3.63) is 0 Å². The van der Waals surface area contributed by atoms with Gasteiger partial charge < -0.3 is 27.5 Å². The van der Waals surface area contributed by atoms with Crippen LogP contribution in [0.2, 0.25) is 0 Å². The van der Waals surface area contributed by atoms with Gasteiger partial charge in [0.15, 0.2) is 0 Å². The van der Waals surface area contributed by atoms with Crippen LogP contribution in [0, 0.1) is 34.5 Å². The van der Waals surface area contributed by atoms with Gasteiger partial charge in [0.05, 0.1) is 74.6 Å². The molecule has 0 aromatic rings. The summed E-state index contributed by atoms with van der Waals surface area (Å²) in [6, 6.07) is 0.656. The normalized spacial score (nSPS) is 39.7. The highest BCUT2D eigenvalue weighted by Crippen LogP contribution is 2.67. The van der Waals surface area contributed by atoms with E-state index in [-0.39, 0.29) is 35.0 Å². The summed E-state index contributed by atoms with van der Waals surface area (Å²) in [5.41, 5.74) is 0.308. The first kappa shape index (κ1) is 44.3. The number of likely N-dealkylation sites (N-methyl/N-ethyl adjacent to an activating group) is 2. The summed E-state index contributed by atoms with van der Waals surface area (Å²) in [5.74, 6) is 2.35. The Bertz CT molecular complexity index is 1470. The van der Waals surface area contributed by atoms with Crippen molar-refractivity contribution in [2.75, 3.05) is 93.1 Å². The first-order valence-corrected chi connectivity index (χ1v) is 23.0. The lowest BCUT2D eigenvalue weighted by molar-refractivity contribution is -0.894. The highest BCUT2D eigenvalue weighted by Gasteiger charge is 2.65. The maximum absolute atomic E-state index is 12.5. The molecular weight excluding hydrogens is 725 g/mol. The van der Waals surface area contributed by atoms with Gasteiger partial charge >= 0.3 is 11.9 Å². The highest BCUT2D eigenvalue weighted by molar-refractivity contribution is 7.85. The summed E-state index contributed by atoms with van der Waals surface area (Å²) >= 11 is 0. The predicted molar refractivity (Wildman–Crippen MR) is 199 cm³/mol. The minimum Gasteiger partial charge on any atom is -0.748 e. The van der Waals surface area contributed by atoms with Gasteiger partial charge in [-0.15, -0.1) is 0 Å². The minimum atomic E-state index is -3.92. The van der Waals surface area contributed by atoms with Crippen molar-refractivity contribution in [3.8, 4) is 0 Å². The minimum absolute atomic E-state index is 0.00234. The maximum atomic E-state index is 12.5. The van der Waals surface area contributed by atoms with Crippen LogP contribution in [0.1, 0.15) is 72.6 Å². The van der Waals surface area contributed by atoms with Crippen LogP contribution in [0.3, 0.4) is 0 Å². The summed E-state index contributed by atoms with van der Waals surface area (Å²) < 4.78 is 69.1. The lowest BCUT2D eigenvalue weighted by Gasteiger charge is -2.62. The van der Waals surface area contributed by atoms with Gasteiger partial charge in [0, 0.05) is 70.0 Å². The summed E-state index contributed by atoms with van der Waals surface area (Å²) in [6.07, 6.45) is 9.43. The van der Waals surface area contributed by atoms with Crippen molar-refractivity contribution in [2.45, 2.75) is 96.9 Å². The maximum Gasteiger partial charge on any atom is 0.302 e. The number of rotatable bonds is 4. The van der Waals surface area contributed by atoms with E-state index in [9.17, 15) is 9.59 Å². The van der Waals surface area contributed by atoms with Crippen LogP contribution in [0.15, 0.2) is 0 Å². The van der Waals surface area contributed by atoms with Crippen LogP contribution in [0.25, 0.3) is 0 Å². The average molecular weight is 793 g/mol. The van der Waals surface area contributed by atoms with Gasteiger partial charge in [-0.1, -0.05) is 13.8 Å². The van der Waals surface area contributed by atoms with E-state index in [4.69, 9.17) is 35.4 Å². The van der Waals surface area contributed by atoms with E-state index in [0.29, 0.717) is 48.3 Å². The zero-order valence-electron chi connectivity index (χ0n) is 33.9. The molecule has 16 heteroatoms. The van der Waals surface area contributed by atoms with Crippen molar-refractivity contribution in [1.29, 1.82) is 0 Å². The Labute approximate surface area is 319 Å². The largest absolute Gasteiger partial charge is 0.748 e. The summed E-state index contributed by atoms with van der Waals surface area (Å²) in [4.78, 5) is 30.2. The average Bonchev–Trinajstić information content (AvgIpc) is 3.27. The van der Waals surface area contributed by atoms with Crippen LogP contribution in [0.4, 0.5) is 0 Å². The molecule has 0 N–H and O–H groups in total. The molecule has 10 atom stereocenters. The van der Waals surface area contributed by atoms with Crippen molar-refractivity contribution < 1.29 is 54.0 Å². The zero-order valence-corrected chi connectivity index (χ0v) is 35.5. The van der Waals surface area contributed by atoms with Gasteiger partial charge in [0.2, 0.25) is 0 Å².